The van der Waals surface area contributed by atoms with Gasteiger partial charge in [-0.1, -0.05) is 15.9 Å². The Morgan fingerprint density at radius 2 is 2.20 bits per heavy atom. The van der Waals surface area contributed by atoms with E-state index < -0.39 is 0 Å². The molecule has 0 radical (unpaired) electrons. The van der Waals surface area contributed by atoms with E-state index in [1.165, 1.54) is 0 Å². The van der Waals surface area contributed by atoms with Gasteiger partial charge >= 0.3 is 0 Å². The van der Waals surface area contributed by atoms with E-state index in [0.29, 0.717) is 0 Å². The second kappa shape index (κ2) is 3.20. The first-order valence-corrected chi connectivity index (χ1v) is 5.27. The van der Waals surface area contributed by atoms with Crippen molar-refractivity contribution in [3.63, 3.8) is 0 Å². The molecule has 2 aromatic heterocycles. The summed E-state index contributed by atoms with van der Waals surface area (Å²) in [6, 6.07) is 6.00. The number of aromatic nitrogens is 4. The summed E-state index contributed by atoms with van der Waals surface area (Å²) in [5, 5.41) is 8.28. The molecule has 2 heterocycles. The molecule has 15 heavy (non-hydrogen) atoms. The number of nitrogens with one attached hydrogen (secondary N) is 2. The van der Waals surface area contributed by atoms with Crippen LogP contribution in [0.5, 0.6) is 0 Å². The summed E-state index contributed by atoms with van der Waals surface area (Å²) in [6.45, 7) is 0. The van der Waals surface area contributed by atoms with E-state index in [2.05, 4.69) is 36.1 Å². The first kappa shape index (κ1) is 8.67. The third-order valence-corrected chi connectivity index (χ3v) is 2.74. The smallest absolute Gasteiger partial charge is 0.158 e. The molecule has 0 fully saturated rings. The van der Waals surface area contributed by atoms with Gasteiger partial charge < -0.3 is 4.98 Å². The normalized spacial score (nSPS) is 11.0. The molecule has 0 aliphatic rings. The molecular weight excluding hydrogens is 256 g/mol. The van der Waals surface area contributed by atoms with E-state index in [1.807, 2.05) is 18.2 Å². The van der Waals surface area contributed by atoms with Crippen molar-refractivity contribution < 1.29 is 0 Å². The van der Waals surface area contributed by atoms with Gasteiger partial charge in [-0.15, -0.1) is 0 Å². The molecule has 4 nitrogen and oxygen atoms in total. The number of imidazole rings is 1. The van der Waals surface area contributed by atoms with E-state index in [4.69, 9.17) is 0 Å². The Labute approximate surface area is 93.9 Å². The van der Waals surface area contributed by atoms with Gasteiger partial charge in [0.25, 0.3) is 0 Å². The Morgan fingerprint density at radius 3 is 3.00 bits per heavy atom. The van der Waals surface area contributed by atoms with Gasteiger partial charge in [-0.3, -0.25) is 5.10 Å². The Kier molecular flexibility index (Phi) is 1.85. The predicted octanol–water partition coefficient (Wildman–Crippen LogP) is 2.72. The molecule has 0 aliphatic carbocycles. The van der Waals surface area contributed by atoms with Crippen LogP contribution in [0.2, 0.25) is 0 Å². The Bertz CT molecular complexity index is 597. The Balaban J connectivity index is 2.29. The first-order chi connectivity index (χ1) is 7.34. The van der Waals surface area contributed by atoms with Crippen LogP contribution in [0.4, 0.5) is 0 Å². The number of fused-ring (bicyclic) bond motifs is 1. The summed E-state index contributed by atoms with van der Waals surface area (Å²) >= 11 is 3.42. The van der Waals surface area contributed by atoms with Crippen LogP contribution >= 0.6 is 15.9 Å². The molecule has 5 heteroatoms. The zero-order chi connectivity index (χ0) is 10.3. The fourth-order valence-corrected chi connectivity index (χ4v) is 1.93. The highest BCUT2D eigenvalue weighted by molar-refractivity contribution is 9.10. The number of rotatable bonds is 1. The standard InChI is InChI=1S/C10H7BrN4/c11-6-1-2-7-8(5-6)14-15-9(7)10-12-3-4-13-10/h1-5H,(H,12,13)(H,14,15). The topological polar surface area (TPSA) is 57.4 Å². The van der Waals surface area contributed by atoms with Crippen molar-refractivity contribution >= 4 is 26.8 Å². The van der Waals surface area contributed by atoms with Gasteiger partial charge in [0.1, 0.15) is 5.69 Å². The van der Waals surface area contributed by atoms with Gasteiger partial charge in [-0.2, -0.15) is 5.10 Å². The van der Waals surface area contributed by atoms with E-state index >= 15 is 0 Å². The minimum Gasteiger partial charge on any atom is -0.343 e. The summed E-state index contributed by atoms with van der Waals surface area (Å²) in [5.74, 6) is 0.781. The summed E-state index contributed by atoms with van der Waals surface area (Å²) in [4.78, 5) is 7.22. The van der Waals surface area contributed by atoms with Crippen LogP contribution in [0.3, 0.4) is 0 Å². The molecule has 0 saturated carbocycles. The van der Waals surface area contributed by atoms with Gasteiger partial charge in [-0.25, -0.2) is 4.98 Å². The number of aromatic amines is 2. The maximum absolute atomic E-state index is 4.24. The molecule has 2 N–H and O–H groups in total. The van der Waals surface area contributed by atoms with E-state index in [-0.39, 0.29) is 0 Å². The molecule has 3 aromatic rings. The van der Waals surface area contributed by atoms with Crippen molar-refractivity contribution in [2.75, 3.05) is 0 Å². The van der Waals surface area contributed by atoms with Crippen molar-refractivity contribution in [3.8, 4) is 11.5 Å². The van der Waals surface area contributed by atoms with E-state index in [0.717, 1.165) is 26.9 Å². The van der Waals surface area contributed by atoms with Crippen molar-refractivity contribution in [2.24, 2.45) is 0 Å². The van der Waals surface area contributed by atoms with Crippen molar-refractivity contribution in [1.29, 1.82) is 0 Å². The average molecular weight is 263 g/mol. The van der Waals surface area contributed by atoms with E-state index in [1.54, 1.807) is 12.4 Å². The summed E-state index contributed by atoms with van der Waals surface area (Å²) in [5.41, 5.74) is 1.85. The minimum absolute atomic E-state index is 0.781. The van der Waals surface area contributed by atoms with Crippen LogP contribution in [0, 0.1) is 0 Å². The second-order valence-corrected chi connectivity index (χ2v) is 4.12. The fraction of sp³-hybridized carbons (Fsp3) is 0. The zero-order valence-electron chi connectivity index (χ0n) is 7.66. The molecule has 0 saturated heterocycles. The lowest BCUT2D eigenvalue weighted by atomic mass is 10.2. The minimum atomic E-state index is 0.781. The summed E-state index contributed by atoms with van der Waals surface area (Å²) in [7, 11) is 0. The highest BCUT2D eigenvalue weighted by atomic mass is 79.9. The second-order valence-electron chi connectivity index (χ2n) is 3.20. The van der Waals surface area contributed by atoms with Crippen LogP contribution < -0.4 is 0 Å². The SMILES string of the molecule is Brc1ccc2c(-c3ncc[nH]3)n[nH]c2c1. The van der Waals surface area contributed by atoms with Crippen molar-refractivity contribution in [1.82, 2.24) is 20.2 Å². The summed E-state index contributed by atoms with van der Waals surface area (Å²) in [6.07, 6.45) is 3.50. The monoisotopic (exact) mass is 262 g/mol. The van der Waals surface area contributed by atoms with Crippen molar-refractivity contribution in [2.45, 2.75) is 0 Å². The highest BCUT2D eigenvalue weighted by Crippen LogP contribution is 2.25. The lowest BCUT2D eigenvalue weighted by Crippen LogP contribution is -1.80. The number of hydrogen-bond acceptors (Lipinski definition) is 2. The van der Waals surface area contributed by atoms with Crippen LogP contribution in [0.15, 0.2) is 35.1 Å². The molecular formula is C10H7BrN4. The third-order valence-electron chi connectivity index (χ3n) is 2.25. The lowest BCUT2D eigenvalue weighted by Gasteiger charge is -1.92. The maximum Gasteiger partial charge on any atom is 0.158 e. The number of halogens is 1. The van der Waals surface area contributed by atoms with Crippen LogP contribution in [0.25, 0.3) is 22.4 Å². The largest absolute Gasteiger partial charge is 0.343 e. The molecule has 3 rings (SSSR count). The third kappa shape index (κ3) is 1.35. The Hall–Kier alpha value is -1.62. The van der Waals surface area contributed by atoms with E-state index in [9.17, 15) is 0 Å². The van der Waals surface area contributed by atoms with Crippen LogP contribution in [-0.2, 0) is 0 Å². The van der Waals surface area contributed by atoms with Gasteiger partial charge in [0.15, 0.2) is 5.82 Å². The number of nitrogens with zero attached hydrogens (tertiary/aromatic N) is 2. The van der Waals surface area contributed by atoms with Crippen LogP contribution in [0.1, 0.15) is 0 Å². The van der Waals surface area contributed by atoms with Gasteiger partial charge in [0, 0.05) is 22.3 Å². The maximum atomic E-state index is 4.24. The quantitative estimate of drug-likeness (QED) is 0.709. The first-order valence-electron chi connectivity index (χ1n) is 4.48. The summed E-state index contributed by atoms with van der Waals surface area (Å²) < 4.78 is 1.03. The molecule has 0 unspecified atom stereocenters. The Morgan fingerprint density at radius 1 is 1.27 bits per heavy atom. The highest BCUT2D eigenvalue weighted by Gasteiger charge is 2.09. The number of hydrogen-bond donors (Lipinski definition) is 2. The van der Waals surface area contributed by atoms with Gasteiger partial charge in [-0.05, 0) is 18.2 Å². The average Bonchev–Trinajstić information content (AvgIpc) is 2.82. The zero-order valence-corrected chi connectivity index (χ0v) is 9.25. The molecule has 0 amide bonds. The molecule has 74 valence electrons. The fourth-order valence-electron chi connectivity index (χ4n) is 1.57. The molecule has 0 bridgehead atoms. The molecule has 1 aromatic carbocycles. The van der Waals surface area contributed by atoms with Gasteiger partial charge in [0.2, 0.25) is 0 Å². The molecule has 0 atom stereocenters. The number of H-pyrrole nitrogens is 2. The van der Waals surface area contributed by atoms with Gasteiger partial charge in [0.05, 0.1) is 5.52 Å². The lowest BCUT2D eigenvalue weighted by molar-refractivity contribution is 1.10. The van der Waals surface area contributed by atoms with Crippen LogP contribution in [-0.4, -0.2) is 20.2 Å². The number of benzene rings is 1. The van der Waals surface area contributed by atoms with Crippen molar-refractivity contribution in [3.05, 3.63) is 35.1 Å². The predicted molar refractivity (Wildman–Crippen MR) is 61.4 cm³/mol. The molecule has 0 spiro atoms. The molecule has 0 aliphatic heterocycles.